The Morgan fingerprint density at radius 3 is 2.49 bits per heavy atom. The van der Waals surface area contributed by atoms with E-state index in [1.54, 1.807) is 20.1 Å². The van der Waals surface area contributed by atoms with Crippen molar-refractivity contribution < 1.29 is 17.9 Å². The summed E-state index contributed by atoms with van der Waals surface area (Å²) in [6.07, 6.45) is 7.13. The molecule has 0 saturated heterocycles. The maximum absolute atomic E-state index is 13.5. The molecule has 0 radical (unpaired) electrons. The Hall–Kier alpha value is -2.63. The molecular formula is C23H29ClN6O4S. The van der Waals surface area contributed by atoms with Crippen molar-refractivity contribution in [2.45, 2.75) is 62.2 Å². The molecule has 10 nitrogen and oxygen atoms in total. The summed E-state index contributed by atoms with van der Waals surface area (Å²) < 4.78 is 39.8. The van der Waals surface area contributed by atoms with Gasteiger partial charge >= 0.3 is 0 Å². The van der Waals surface area contributed by atoms with Crippen LogP contribution in [0.15, 0.2) is 30.6 Å². The molecule has 0 unspecified atom stereocenters. The van der Waals surface area contributed by atoms with Gasteiger partial charge in [0, 0.05) is 31.6 Å². The number of sulfone groups is 1. The molecule has 3 heterocycles. The number of aromatic nitrogens is 6. The minimum atomic E-state index is -3.73. The fraction of sp³-hybridized carbons (Fsp3) is 0.522. The van der Waals surface area contributed by atoms with Gasteiger partial charge in [0.1, 0.15) is 23.4 Å². The fourth-order valence-electron chi connectivity index (χ4n) is 4.45. The van der Waals surface area contributed by atoms with Crippen molar-refractivity contribution in [1.29, 1.82) is 0 Å². The standard InChI is InChI=1S/C23H29ClN6O4S/c1-15(21(34-3)22-25-12-16(24)13-26-22)35(31,32)14-19-28-29-23(18-10-7-11-20(27-18)33-2)30(19)17-8-5-4-6-9-17/h7,10-13,15,17,21H,4-6,8-9,14H2,1-3H3/t15-,21-/m0/s1. The quantitative estimate of drug-likeness (QED) is 0.412. The third-order valence-corrected chi connectivity index (χ3v) is 8.58. The molecule has 3 aromatic heterocycles. The number of hydrogen-bond acceptors (Lipinski definition) is 9. The highest BCUT2D eigenvalue weighted by Crippen LogP contribution is 2.34. The molecule has 0 amide bonds. The van der Waals surface area contributed by atoms with Gasteiger partial charge in [0.25, 0.3) is 0 Å². The number of halogens is 1. The van der Waals surface area contributed by atoms with E-state index in [2.05, 4.69) is 25.1 Å². The van der Waals surface area contributed by atoms with E-state index in [1.807, 2.05) is 16.7 Å². The maximum Gasteiger partial charge on any atom is 0.213 e. The number of nitrogens with zero attached hydrogens (tertiary/aromatic N) is 6. The highest BCUT2D eigenvalue weighted by Gasteiger charge is 2.35. The number of pyridine rings is 1. The van der Waals surface area contributed by atoms with Crippen molar-refractivity contribution in [3.63, 3.8) is 0 Å². The van der Waals surface area contributed by atoms with Crippen LogP contribution in [0.25, 0.3) is 11.5 Å². The Labute approximate surface area is 210 Å². The monoisotopic (exact) mass is 520 g/mol. The van der Waals surface area contributed by atoms with E-state index in [1.165, 1.54) is 19.5 Å². The first-order chi connectivity index (χ1) is 16.8. The molecule has 0 bridgehead atoms. The molecule has 1 fully saturated rings. The Bertz CT molecular complexity index is 1250. The van der Waals surface area contributed by atoms with Crippen molar-refractivity contribution in [2.75, 3.05) is 14.2 Å². The number of rotatable bonds is 9. The third-order valence-electron chi connectivity index (χ3n) is 6.34. The van der Waals surface area contributed by atoms with Crippen LogP contribution in [0.1, 0.15) is 62.8 Å². The lowest BCUT2D eigenvalue weighted by atomic mass is 9.95. The number of methoxy groups -OCH3 is 2. The molecule has 0 aromatic carbocycles. The Balaban J connectivity index is 1.69. The van der Waals surface area contributed by atoms with E-state index < -0.39 is 21.2 Å². The van der Waals surface area contributed by atoms with Crippen LogP contribution in [0.4, 0.5) is 0 Å². The van der Waals surface area contributed by atoms with Gasteiger partial charge in [-0.2, -0.15) is 0 Å². The van der Waals surface area contributed by atoms with E-state index in [9.17, 15) is 8.42 Å². The zero-order chi connectivity index (χ0) is 25.0. The average Bonchev–Trinajstić information content (AvgIpc) is 3.29. The normalized spacial score (nSPS) is 16.7. The van der Waals surface area contributed by atoms with Gasteiger partial charge in [-0.15, -0.1) is 10.2 Å². The molecule has 4 rings (SSSR count). The third kappa shape index (κ3) is 5.62. The Kier molecular flexibility index (Phi) is 7.98. The molecule has 1 saturated carbocycles. The molecule has 12 heteroatoms. The van der Waals surface area contributed by atoms with Gasteiger partial charge in [-0.25, -0.2) is 23.4 Å². The van der Waals surface area contributed by atoms with Crippen molar-refractivity contribution in [3.8, 4) is 17.4 Å². The highest BCUT2D eigenvalue weighted by molar-refractivity contribution is 7.91. The molecule has 1 aliphatic carbocycles. The van der Waals surface area contributed by atoms with Crippen LogP contribution < -0.4 is 4.74 Å². The average molecular weight is 521 g/mol. The molecule has 0 aliphatic heterocycles. The van der Waals surface area contributed by atoms with Gasteiger partial charge in [0.2, 0.25) is 5.88 Å². The van der Waals surface area contributed by atoms with Crippen molar-refractivity contribution in [1.82, 2.24) is 29.7 Å². The summed E-state index contributed by atoms with van der Waals surface area (Å²) in [6.45, 7) is 1.59. The minimum absolute atomic E-state index is 0.0973. The maximum atomic E-state index is 13.5. The summed E-state index contributed by atoms with van der Waals surface area (Å²) in [5.74, 6) is 1.33. The zero-order valence-corrected chi connectivity index (χ0v) is 21.5. The Morgan fingerprint density at radius 2 is 1.83 bits per heavy atom. The second kappa shape index (κ2) is 11.0. The van der Waals surface area contributed by atoms with Gasteiger partial charge in [0.05, 0.1) is 17.4 Å². The molecular weight excluding hydrogens is 492 g/mol. The SMILES string of the molecule is COc1cccc(-c2nnc(CS(=O)(=O)[C@@H](C)[C@H](OC)c3ncc(Cl)cn3)n2C2CCCCC2)n1. The first-order valence-corrected chi connectivity index (χ1v) is 13.6. The van der Waals surface area contributed by atoms with Crippen LogP contribution >= 0.6 is 11.6 Å². The fourth-order valence-corrected chi connectivity index (χ4v) is 5.98. The molecule has 1 aliphatic rings. The lowest BCUT2D eigenvalue weighted by Gasteiger charge is -2.26. The van der Waals surface area contributed by atoms with Gasteiger partial charge in [-0.1, -0.05) is 36.9 Å². The van der Waals surface area contributed by atoms with E-state index in [-0.39, 0.29) is 17.6 Å². The van der Waals surface area contributed by atoms with Crippen molar-refractivity contribution in [2.24, 2.45) is 0 Å². The predicted octanol–water partition coefficient (Wildman–Crippen LogP) is 3.99. The zero-order valence-electron chi connectivity index (χ0n) is 20.0. The van der Waals surface area contributed by atoms with Crippen molar-refractivity contribution in [3.05, 3.63) is 47.3 Å². The van der Waals surface area contributed by atoms with Crippen LogP contribution in [-0.4, -0.2) is 57.6 Å². The van der Waals surface area contributed by atoms with E-state index in [0.29, 0.717) is 28.2 Å². The van der Waals surface area contributed by atoms with Crippen LogP contribution in [0, 0.1) is 0 Å². The van der Waals surface area contributed by atoms with Gasteiger partial charge < -0.3 is 14.0 Å². The molecule has 188 valence electrons. The highest BCUT2D eigenvalue weighted by atomic mass is 35.5. The van der Waals surface area contributed by atoms with E-state index in [4.69, 9.17) is 21.1 Å². The first-order valence-electron chi connectivity index (χ1n) is 11.5. The summed E-state index contributed by atoms with van der Waals surface area (Å²) in [6, 6.07) is 5.50. The summed E-state index contributed by atoms with van der Waals surface area (Å²) in [5, 5.41) is 8.13. The number of hydrogen-bond donors (Lipinski definition) is 0. The van der Waals surface area contributed by atoms with Crippen LogP contribution in [-0.2, 0) is 20.3 Å². The summed E-state index contributed by atoms with van der Waals surface area (Å²) in [5.41, 5.74) is 0.587. The predicted molar refractivity (Wildman–Crippen MR) is 131 cm³/mol. The second-order valence-electron chi connectivity index (χ2n) is 8.59. The van der Waals surface area contributed by atoms with Gasteiger partial charge in [-0.05, 0) is 25.8 Å². The minimum Gasteiger partial charge on any atom is -0.481 e. The van der Waals surface area contributed by atoms with Gasteiger partial charge in [-0.3, -0.25) is 0 Å². The molecule has 2 atom stereocenters. The summed E-state index contributed by atoms with van der Waals surface area (Å²) >= 11 is 5.88. The Morgan fingerprint density at radius 1 is 1.11 bits per heavy atom. The first kappa shape index (κ1) is 25.5. The molecule has 0 N–H and O–H groups in total. The van der Waals surface area contributed by atoms with Crippen LogP contribution in [0.2, 0.25) is 5.02 Å². The molecule has 3 aromatic rings. The number of ether oxygens (including phenoxy) is 2. The lowest BCUT2D eigenvalue weighted by Crippen LogP contribution is -2.30. The van der Waals surface area contributed by atoms with Crippen LogP contribution in [0.3, 0.4) is 0 Å². The van der Waals surface area contributed by atoms with E-state index >= 15 is 0 Å². The second-order valence-corrected chi connectivity index (χ2v) is 11.4. The topological polar surface area (TPSA) is 122 Å². The summed E-state index contributed by atoms with van der Waals surface area (Å²) in [4.78, 5) is 12.8. The smallest absolute Gasteiger partial charge is 0.213 e. The van der Waals surface area contributed by atoms with Crippen molar-refractivity contribution >= 4 is 21.4 Å². The molecule has 35 heavy (non-hydrogen) atoms. The lowest BCUT2D eigenvalue weighted by molar-refractivity contribution is 0.0948. The van der Waals surface area contributed by atoms with Gasteiger partial charge in [0.15, 0.2) is 21.5 Å². The largest absolute Gasteiger partial charge is 0.481 e. The van der Waals surface area contributed by atoms with E-state index in [0.717, 1.165) is 32.1 Å². The summed E-state index contributed by atoms with van der Waals surface area (Å²) in [7, 11) is -0.746. The molecule has 0 spiro atoms. The van der Waals surface area contributed by atoms with Crippen LogP contribution in [0.5, 0.6) is 5.88 Å².